The Morgan fingerprint density at radius 3 is 2.54 bits per heavy atom. The average Bonchev–Trinajstić information content (AvgIpc) is 3.09. The first-order chi connectivity index (χ1) is 13.4. The zero-order valence-electron chi connectivity index (χ0n) is 16.8. The molecule has 0 unspecified atom stereocenters. The van der Waals surface area contributed by atoms with Gasteiger partial charge in [-0.1, -0.05) is 54.5 Å². The second-order valence-electron chi connectivity index (χ2n) is 6.92. The first kappa shape index (κ1) is 20.8. The van der Waals surface area contributed by atoms with Crippen LogP contribution < -0.4 is 4.90 Å². The van der Waals surface area contributed by atoms with E-state index in [9.17, 15) is 4.79 Å². The van der Waals surface area contributed by atoms with Crippen molar-refractivity contribution in [2.75, 3.05) is 31.1 Å². The van der Waals surface area contributed by atoms with E-state index in [1.54, 1.807) is 0 Å². The molecule has 0 aliphatic carbocycles. The first-order valence-electron chi connectivity index (χ1n) is 9.60. The number of carbonyl (C=O) groups excluding carboxylic acids is 1. The number of halogens is 1. The summed E-state index contributed by atoms with van der Waals surface area (Å²) in [5.41, 5.74) is 3.70. The van der Waals surface area contributed by atoms with Gasteiger partial charge in [0.05, 0.1) is 10.2 Å². The maximum Gasteiger partial charge on any atom is 0.260 e. The van der Waals surface area contributed by atoms with E-state index in [0.29, 0.717) is 17.1 Å². The van der Waals surface area contributed by atoms with E-state index in [1.807, 2.05) is 55.1 Å². The van der Waals surface area contributed by atoms with Crippen molar-refractivity contribution >= 4 is 44.2 Å². The van der Waals surface area contributed by atoms with Crippen LogP contribution in [0, 0.1) is 13.8 Å². The summed E-state index contributed by atoms with van der Waals surface area (Å²) in [4.78, 5) is 22.3. The maximum atomic E-state index is 13.4. The van der Waals surface area contributed by atoms with E-state index in [0.717, 1.165) is 46.1 Å². The second-order valence-corrected chi connectivity index (χ2v) is 8.36. The van der Waals surface area contributed by atoms with Crippen molar-refractivity contribution in [3.8, 4) is 0 Å². The van der Waals surface area contributed by atoms with Crippen LogP contribution in [0.4, 0.5) is 5.13 Å². The summed E-state index contributed by atoms with van der Waals surface area (Å²) < 4.78 is 1.00. The average molecular weight is 416 g/mol. The number of benzene rings is 2. The monoisotopic (exact) mass is 415 g/mol. The summed E-state index contributed by atoms with van der Waals surface area (Å²) >= 11 is 7.74. The molecule has 0 aliphatic rings. The van der Waals surface area contributed by atoms with Gasteiger partial charge in [-0.25, -0.2) is 4.98 Å². The topological polar surface area (TPSA) is 36.4 Å². The second kappa shape index (κ2) is 9.03. The number of nitrogens with zero attached hydrogens (tertiary/aromatic N) is 3. The van der Waals surface area contributed by atoms with Gasteiger partial charge in [0, 0.05) is 23.7 Å². The molecule has 0 saturated carbocycles. The Morgan fingerprint density at radius 2 is 1.86 bits per heavy atom. The number of amides is 1. The smallest absolute Gasteiger partial charge is 0.260 e. The summed E-state index contributed by atoms with van der Waals surface area (Å²) in [5, 5.41) is 1.42. The fourth-order valence-electron chi connectivity index (χ4n) is 3.26. The van der Waals surface area contributed by atoms with Gasteiger partial charge in [0.25, 0.3) is 5.91 Å². The highest BCUT2D eigenvalue weighted by Gasteiger charge is 2.22. The Bertz CT molecular complexity index is 981. The van der Waals surface area contributed by atoms with Crippen LogP contribution >= 0.6 is 22.9 Å². The minimum atomic E-state index is -0.0151. The van der Waals surface area contributed by atoms with E-state index < -0.39 is 0 Å². The van der Waals surface area contributed by atoms with Gasteiger partial charge >= 0.3 is 0 Å². The Hall–Kier alpha value is -1.95. The van der Waals surface area contributed by atoms with Crippen LogP contribution in [0.15, 0.2) is 36.4 Å². The van der Waals surface area contributed by atoms with Gasteiger partial charge in [-0.3, -0.25) is 9.69 Å². The van der Waals surface area contributed by atoms with Crippen molar-refractivity contribution in [2.45, 2.75) is 27.7 Å². The van der Waals surface area contributed by atoms with E-state index in [1.165, 1.54) is 11.3 Å². The molecule has 0 radical (unpaired) electrons. The largest absolute Gasteiger partial charge is 0.302 e. The molecule has 2 aromatic carbocycles. The van der Waals surface area contributed by atoms with Crippen LogP contribution in [0.25, 0.3) is 10.2 Å². The molecule has 6 heteroatoms. The lowest BCUT2D eigenvalue weighted by Gasteiger charge is -2.24. The van der Waals surface area contributed by atoms with Crippen LogP contribution in [0.1, 0.15) is 35.3 Å². The van der Waals surface area contributed by atoms with E-state index >= 15 is 0 Å². The molecule has 3 rings (SSSR count). The van der Waals surface area contributed by atoms with Crippen molar-refractivity contribution < 1.29 is 4.79 Å². The number of fused-ring (bicyclic) bond motifs is 1. The maximum absolute atomic E-state index is 13.4. The third kappa shape index (κ3) is 4.54. The predicted octanol–water partition coefficient (Wildman–Crippen LogP) is 5.56. The van der Waals surface area contributed by atoms with Crippen LogP contribution in [0.5, 0.6) is 0 Å². The van der Waals surface area contributed by atoms with Crippen molar-refractivity contribution in [1.29, 1.82) is 0 Å². The minimum Gasteiger partial charge on any atom is -0.302 e. The number of hydrogen-bond donors (Lipinski definition) is 0. The molecule has 1 aromatic heterocycles. The number of aryl methyl sites for hydroxylation is 2. The summed E-state index contributed by atoms with van der Waals surface area (Å²) in [7, 11) is 0. The quantitative estimate of drug-likeness (QED) is 0.507. The van der Waals surface area contributed by atoms with E-state index in [2.05, 4.69) is 18.7 Å². The molecule has 0 fully saturated rings. The molecule has 0 atom stereocenters. The zero-order chi connectivity index (χ0) is 20.3. The van der Waals surface area contributed by atoms with Gasteiger partial charge < -0.3 is 4.90 Å². The molecule has 0 N–H and O–H groups in total. The Labute approximate surface area is 175 Å². The molecule has 28 heavy (non-hydrogen) atoms. The highest BCUT2D eigenvalue weighted by atomic mass is 35.5. The minimum absolute atomic E-state index is 0.0151. The van der Waals surface area contributed by atoms with Crippen LogP contribution in [-0.4, -0.2) is 42.0 Å². The van der Waals surface area contributed by atoms with Crippen molar-refractivity contribution in [3.63, 3.8) is 0 Å². The summed E-state index contributed by atoms with van der Waals surface area (Å²) in [6.07, 6.45) is 0. The number of likely N-dealkylation sites (N-methyl/N-ethyl adjacent to an activating group) is 1. The first-order valence-corrected chi connectivity index (χ1v) is 10.8. The third-order valence-electron chi connectivity index (χ3n) is 4.91. The molecular weight excluding hydrogens is 390 g/mol. The number of hydrogen-bond acceptors (Lipinski definition) is 4. The lowest BCUT2D eigenvalue weighted by Crippen LogP contribution is -2.38. The van der Waals surface area contributed by atoms with Crippen molar-refractivity contribution in [2.24, 2.45) is 0 Å². The molecular formula is C22H26ClN3OS. The molecule has 3 aromatic rings. The number of anilines is 1. The Balaban J connectivity index is 2.00. The Morgan fingerprint density at radius 1 is 1.11 bits per heavy atom. The molecule has 0 bridgehead atoms. The van der Waals surface area contributed by atoms with Gasteiger partial charge in [-0.05, 0) is 56.8 Å². The third-order valence-corrected chi connectivity index (χ3v) is 6.16. The van der Waals surface area contributed by atoms with Crippen LogP contribution in [-0.2, 0) is 0 Å². The molecule has 1 amide bonds. The molecule has 4 nitrogen and oxygen atoms in total. The highest BCUT2D eigenvalue weighted by Crippen LogP contribution is 2.33. The standard InChI is InChI=1S/C22H26ClN3OS/c1-5-25(6-2)10-11-26(21(27)17-9-7-8-15(3)12-17)22-24-20-16(4)13-18(23)14-19(20)28-22/h7-9,12-14H,5-6,10-11H2,1-4H3. The van der Waals surface area contributed by atoms with Gasteiger partial charge in [-0.2, -0.15) is 0 Å². The van der Waals surface area contributed by atoms with Crippen molar-refractivity contribution in [3.05, 3.63) is 58.1 Å². The molecule has 0 saturated heterocycles. The zero-order valence-corrected chi connectivity index (χ0v) is 18.4. The summed E-state index contributed by atoms with van der Waals surface area (Å²) in [5.74, 6) is -0.0151. The SMILES string of the molecule is CCN(CC)CCN(C(=O)c1cccc(C)c1)c1nc2c(C)cc(Cl)cc2s1. The number of aromatic nitrogens is 1. The van der Waals surface area contributed by atoms with E-state index in [4.69, 9.17) is 16.6 Å². The predicted molar refractivity (Wildman–Crippen MR) is 120 cm³/mol. The summed E-state index contributed by atoms with van der Waals surface area (Å²) in [6.45, 7) is 11.6. The molecule has 0 aliphatic heterocycles. The fraction of sp³-hybridized carbons (Fsp3) is 0.364. The van der Waals surface area contributed by atoms with Crippen LogP contribution in [0.2, 0.25) is 5.02 Å². The normalized spacial score (nSPS) is 11.4. The van der Waals surface area contributed by atoms with Gasteiger partial charge in [0.2, 0.25) is 0 Å². The van der Waals surface area contributed by atoms with Gasteiger partial charge in [0.1, 0.15) is 0 Å². The van der Waals surface area contributed by atoms with E-state index in [-0.39, 0.29) is 5.91 Å². The Kier molecular flexibility index (Phi) is 6.70. The summed E-state index contributed by atoms with van der Waals surface area (Å²) in [6, 6.07) is 11.6. The highest BCUT2D eigenvalue weighted by molar-refractivity contribution is 7.22. The molecule has 0 spiro atoms. The lowest BCUT2D eigenvalue weighted by molar-refractivity contribution is 0.0983. The number of carbonyl (C=O) groups is 1. The van der Waals surface area contributed by atoms with Crippen LogP contribution in [0.3, 0.4) is 0 Å². The van der Waals surface area contributed by atoms with Crippen molar-refractivity contribution in [1.82, 2.24) is 9.88 Å². The molecule has 148 valence electrons. The molecule has 1 heterocycles. The number of thiazole rings is 1. The lowest BCUT2D eigenvalue weighted by atomic mass is 10.1. The van der Waals surface area contributed by atoms with Gasteiger partial charge in [-0.15, -0.1) is 0 Å². The fourth-order valence-corrected chi connectivity index (χ4v) is 4.70. The number of rotatable bonds is 7. The van der Waals surface area contributed by atoms with Gasteiger partial charge in [0.15, 0.2) is 5.13 Å².